The fourth-order valence-electron chi connectivity index (χ4n) is 13.4. The highest BCUT2D eigenvalue weighted by molar-refractivity contribution is 5.76. The summed E-state index contributed by atoms with van der Waals surface area (Å²) >= 11 is 0. The van der Waals surface area contributed by atoms with E-state index in [1.54, 1.807) is 4.90 Å². The summed E-state index contributed by atoms with van der Waals surface area (Å²) in [5.41, 5.74) is 7.10. The van der Waals surface area contributed by atoms with Crippen LogP contribution in [0.3, 0.4) is 0 Å². The van der Waals surface area contributed by atoms with E-state index in [1.165, 1.54) is 57.6 Å². The van der Waals surface area contributed by atoms with Crippen molar-refractivity contribution in [3.05, 3.63) is 35.4 Å². The van der Waals surface area contributed by atoms with Crippen LogP contribution in [0.2, 0.25) is 0 Å². The Morgan fingerprint density at radius 3 is 2.42 bits per heavy atom. The Hall–Kier alpha value is -2.18. The first-order chi connectivity index (χ1) is 24.7. The van der Waals surface area contributed by atoms with Crippen molar-refractivity contribution in [1.29, 1.82) is 0 Å². The van der Waals surface area contributed by atoms with E-state index in [0.29, 0.717) is 60.4 Å². The fraction of sp³-hybridized carbons (Fsp3) is 0.805. The molecule has 2 aliphatic heterocycles. The second kappa shape index (κ2) is 14.2. The Labute approximate surface area is 308 Å². The van der Waals surface area contributed by atoms with Crippen molar-refractivity contribution in [3.63, 3.8) is 0 Å². The summed E-state index contributed by atoms with van der Waals surface area (Å²) in [6.45, 7) is 11.7. The molecule has 52 heavy (non-hydrogen) atoms. The summed E-state index contributed by atoms with van der Waals surface area (Å²) in [7, 11) is 1.00. The summed E-state index contributed by atoms with van der Waals surface area (Å²) in [6, 6.07) is 3.48. The van der Waals surface area contributed by atoms with Crippen LogP contribution in [-0.2, 0) is 30.3 Å². The van der Waals surface area contributed by atoms with Crippen LogP contribution in [0, 0.1) is 57.0 Å². The maximum absolute atomic E-state index is 13.9. The van der Waals surface area contributed by atoms with Crippen LogP contribution in [0.4, 0.5) is 8.78 Å². The highest BCUT2D eigenvalue weighted by Crippen LogP contribution is 2.87. The third-order valence-electron chi connectivity index (χ3n) is 15.6. The van der Waals surface area contributed by atoms with E-state index in [9.17, 15) is 18.4 Å². The van der Waals surface area contributed by atoms with Crippen LogP contribution < -0.4 is 5.73 Å². The molecule has 2 spiro atoms. The molecular formula is C41H61F2N3O6. The van der Waals surface area contributed by atoms with E-state index in [4.69, 9.17) is 25.1 Å². The zero-order valence-corrected chi connectivity index (χ0v) is 31.9. The highest BCUT2D eigenvalue weighted by atomic mass is 19.1. The van der Waals surface area contributed by atoms with E-state index in [0.717, 1.165) is 44.8 Å². The molecule has 290 valence electrons. The van der Waals surface area contributed by atoms with Crippen molar-refractivity contribution in [1.82, 2.24) is 9.80 Å². The first-order valence-electron chi connectivity index (χ1n) is 19.8. The maximum atomic E-state index is 13.9. The van der Waals surface area contributed by atoms with Gasteiger partial charge in [0.05, 0.1) is 38.0 Å². The Morgan fingerprint density at radius 2 is 1.71 bits per heavy atom. The van der Waals surface area contributed by atoms with E-state index in [2.05, 4.69) is 20.8 Å². The lowest BCUT2D eigenvalue weighted by Crippen LogP contribution is -2.56. The van der Waals surface area contributed by atoms with E-state index in [1.807, 2.05) is 4.90 Å². The van der Waals surface area contributed by atoms with Gasteiger partial charge in [0.2, 0.25) is 11.8 Å². The molecule has 2 heterocycles. The van der Waals surface area contributed by atoms with E-state index >= 15 is 0 Å². The molecule has 9 nitrogen and oxygen atoms in total. The summed E-state index contributed by atoms with van der Waals surface area (Å²) in [6.07, 6.45) is 11.9. The quantitative estimate of drug-likeness (QED) is 0.355. The SMILES string of the molecule is CC(=O)N(Cc1cc(F)cc(F)c1)CC1CC[C@H]2C(CC3C4CC[C@H]5C(C)(C)[C@@H](OC6CN(CC(N)=O)CCO6)CCC56C[C@@]46CCC32C)O1.CO. The number of hydrogen-bond donors (Lipinski definition) is 2. The average Bonchev–Trinajstić information content (AvgIpc) is 3.66. The minimum Gasteiger partial charge on any atom is -0.400 e. The molecule has 7 unspecified atom stereocenters. The topological polar surface area (TPSA) is 115 Å². The zero-order valence-electron chi connectivity index (χ0n) is 31.9. The Balaban J connectivity index is 0.00000207. The molecule has 1 aromatic carbocycles. The molecule has 0 bridgehead atoms. The van der Waals surface area contributed by atoms with Gasteiger partial charge in [-0.15, -0.1) is 0 Å². The van der Waals surface area contributed by atoms with Crippen molar-refractivity contribution in [2.24, 2.45) is 51.1 Å². The van der Waals surface area contributed by atoms with Crippen molar-refractivity contribution >= 4 is 11.8 Å². The molecule has 1 aromatic rings. The minimum atomic E-state index is -0.625. The first kappa shape index (κ1) is 38.1. The minimum absolute atomic E-state index is 0.0443. The number of aliphatic hydroxyl groups is 1. The van der Waals surface area contributed by atoms with Crippen LogP contribution >= 0.6 is 0 Å². The number of benzene rings is 1. The molecule has 3 N–H and O–H groups in total. The molecule has 2 saturated heterocycles. The zero-order chi connectivity index (χ0) is 37.2. The third kappa shape index (κ3) is 6.42. The molecule has 7 aliphatic rings. The molecule has 5 aliphatic carbocycles. The second-order valence-electron chi connectivity index (χ2n) is 18.2. The summed E-state index contributed by atoms with van der Waals surface area (Å²) in [5.74, 6) is 0.904. The molecule has 2 amide bonds. The number of nitrogens with two attached hydrogens (primary N) is 1. The fourth-order valence-corrected chi connectivity index (χ4v) is 13.4. The number of morpholine rings is 1. The molecule has 0 radical (unpaired) electrons. The number of aliphatic hydroxyl groups excluding tert-OH is 1. The second-order valence-corrected chi connectivity index (χ2v) is 18.2. The number of ether oxygens (including phenoxy) is 3. The maximum Gasteiger partial charge on any atom is 0.231 e. The van der Waals surface area contributed by atoms with Gasteiger partial charge in [0.1, 0.15) is 11.6 Å². The number of carbonyl (C=O) groups excluding carboxylic acids is 2. The van der Waals surface area contributed by atoms with Crippen LogP contribution in [-0.4, -0.2) is 91.2 Å². The predicted molar refractivity (Wildman–Crippen MR) is 191 cm³/mol. The smallest absolute Gasteiger partial charge is 0.231 e. The molecule has 5 saturated carbocycles. The van der Waals surface area contributed by atoms with Crippen molar-refractivity contribution in [2.75, 3.05) is 39.9 Å². The van der Waals surface area contributed by atoms with Gasteiger partial charge in [-0.25, -0.2) is 8.78 Å². The Kier molecular flexibility index (Phi) is 10.4. The van der Waals surface area contributed by atoms with Gasteiger partial charge < -0.3 is 30.0 Å². The normalized spacial score (nSPS) is 41.5. The van der Waals surface area contributed by atoms with Gasteiger partial charge >= 0.3 is 0 Å². The molecule has 7 fully saturated rings. The van der Waals surface area contributed by atoms with Gasteiger partial charge in [0.25, 0.3) is 0 Å². The summed E-state index contributed by atoms with van der Waals surface area (Å²) in [4.78, 5) is 27.9. The standard InChI is InChI=1S/C40H57F2N3O5.CH4O/c1-24(46)45(19-25-15-26(41)17-27(42)16-25)20-28-5-6-30-32(49-28)18-31-29-7-8-33-37(2,3)34(50-36-22-44(13-14-48-36)21-35(43)47)9-10-40(33)23-39(29,40)12-11-38(30,31)4;1-2/h15-17,28-34,36H,5-14,18-23H2,1-4H3,(H2,43,47);2H,1H3/t28?,29?,30-,31?,32?,33-,34-,36?,38?,39-,40?;/m0./s1. The van der Waals surface area contributed by atoms with Gasteiger partial charge in [-0.05, 0) is 127 Å². The monoisotopic (exact) mass is 729 g/mol. The number of halogens is 2. The number of primary amides is 1. The third-order valence-corrected chi connectivity index (χ3v) is 15.6. The highest BCUT2D eigenvalue weighted by Gasteiger charge is 2.80. The molecule has 0 aromatic heterocycles. The van der Waals surface area contributed by atoms with Gasteiger partial charge in [0.15, 0.2) is 6.29 Å². The van der Waals surface area contributed by atoms with Gasteiger partial charge in [-0.2, -0.15) is 0 Å². The Bertz CT molecular complexity index is 1490. The lowest BCUT2D eigenvalue weighted by molar-refractivity contribution is -0.244. The van der Waals surface area contributed by atoms with Crippen LogP contribution in [0.15, 0.2) is 18.2 Å². The average molecular weight is 730 g/mol. The van der Waals surface area contributed by atoms with Crippen LogP contribution in [0.1, 0.15) is 97.5 Å². The Morgan fingerprint density at radius 1 is 0.981 bits per heavy atom. The predicted octanol–water partition coefficient (Wildman–Crippen LogP) is 5.66. The summed E-state index contributed by atoms with van der Waals surface area (Å²) in [5, 5.41) is 7.00. The molecule has 11 atom stereocenters. The summed E-state index contributed by atoms with van der Waals surface area (Å²) < 4.78 is 47.5. The van der Waals surface area contributed by atoms with Crippen LogP contribution in [0.5, 0.6) is 0 Å². The van der Waals surface area contributed by atoms with E-state index < -0.39 is 11.6 Å². The number of fused-ring (bicyclic) bond motifs is 4. The van der Waals surface area contributed by atoms with Crippen molar-refractivity contribution in [3.8, 4) is 0 Å². The van der Waals surface area contributed by atoms with Gasteiger partial charge in [0, 0.05) is 39.7 Å². The van der Waals surface area contributed by atoms with Crippen LogP contribution in [0.25, 0.3) is 0 Å². The van der Waals surface area contributed by atoms with Gasteiger partial charge in [-0.3, -0.25) is 14.5 Å². The molecular weight excluding hydrogens is 668 g/mol. The largest absolute Gasteiger partial charge is 0.400 e. The number of carbonyl (C=O) groups is 2. The number of hydrogen-bond acceptors (Lipinski definition) is 7. The van der Waals surface area contributed by atoms with Crippen molar-refractivity contribution < 1.29 is 37.7 Å². The lowest BCUT2D eigenvalue weighted by atomic mass is 9.46. The number of amides is 2. The molecule has 11 heteroatoms. The first-order valence-corrected chi connectivity index (χ1v) is 19.8. The van der Waals surface area contributed by atoms with Crippen molar-refractivity contribution in [2.45, 2.75) is 123 Å². The molecule has 8 rings (SSSR count). The number of rotatable bonds is 8. The number of nitrogens with zero attached hydrogens (tertiary/aromatic N) is 2. The lowest BCUT2D eigenvalue weighted by Gasteiger charge is -2.60. The van der Waals surface area contributed by atoms with E-state index in [-0.39, 0.29) is 60.3 Å². The van der Waals surface area contributed by atoms with Gasteiger partial charge in [-0.1, -0.05) is 20.8 Å².